The molecule has 0 saturated carbocycles. The van der Waals surface area contributed by atoms with Gasteiger partial charge in [0.2, 0.25) is 0 Å². The molecule has 0 aliphatic carbocycles. The second-order valence-electron chi connectivity index (χ2n) is 5.64. The fourth-order valence-electron chi connectivity index (χ4n) is 2.59. The zero-order chi connectivity index (χ0) is 16.8. The van der Waals surface area contributed by atoms with Crippen LogP contribution in [-0.2, 0) is 17.8 Å². The molecule has 1 unspecified atom stereocenters. The Labute approximate surface area is 140 Å². The molecule has 1 atom stereocenters. The van der Waals surface area contributed by atoms with E-state index in [-0.39, 0.29) is 0 Å². The van der Waals surface area contributed by atoms with Gasteiger partial charge in [-0.3, -0.25) is 4.79 Å². The molecule has 0 aliphatic rings. The van der Waals surface area contributed by atoms with Crippen LogP contribution in [0.2, 0.25) is 0 Å². The summed E-state index contributed by atoms with van der Waals surface area (Å²) in [6.45, 7) is 0.514. The highest BCUT2D eigenvalue weighted by Crippen LogP contribution is 2.22. The van der Waals surface area contributed by atoms with Gasteiger partial charge in [-0.2, -0.15) is 0 Å². The van der Waals surface area contributed by atoms with Crippen LogP contribution in [0, 0.1) is 0 Å². The van der Waals surface area contributed by atoms with Crippen molar-refractivity contribution in [3.05, 3.63) is 89.7 Å². The highest BCUT2D eigenvalue weighted by molar-refractivity contribution is 5.75. The monoisotopic (exact) mass is 321 g/mol. The summed E-state index contributed by atoms with van der Waals surface area (Å²) >= 11 is 0. The van der Waals surface area contributed by atoms with Crippen LogP contribution in [0.15, 0.2) is 72.9 Å². The van der Waals surface area contributed by atoms with Gasteiger partial charge in [0.05, 0.1) is 0 Å². The molecule has 0 fully saturated rings. The first-order valence-electron chi connectivity index (χ1n) is 7.84. The fourth-order valence-corrected chi connectivity index (χ4v) is 2.59. The van der Waals surface area contributed by atoms with Crippen molar-refractivity contribution >= 4 is 5.97 Å². The number of carbonyl (C=O) groups is 1. The Morgan fingerprint density at radius 2 is 1.71 bits per heavy atom. The average Bonchev–Trinajstić information content (AvgIpc) is 3.14. The zero-order valence-corrected chi connectivity index (χ0v) is 13.2. The summed E-state index contributed by atoms with van der Waals surface area (Å²) < 4.78 is 5.75. The molecule has 2 N–H and O–H groups in total. The molecule has 0 bridgehead atoms. The molecule has 0 aliphatic heterocycles. The molecule has 0 radical (unpaired) electrons. The number of carboxylic acids is 1. The summed E-state index contributed by atoms with van der Waals surface area (Å²) in [5, 5.41) is 9.43. The third kappa shape index (κ3) is 4.04. The molecule has 3 rings (SSSR count). The summed E-state index contributed by atoms with van der Waals surface area (Å²) in [6, 6.07) is 21.2. The third-order valence-corrected chi connectivity index (χ3v) is 3.91. The molecule has 0 amide bonds. The predicted octanol–water partition coefficient (Wildman–Crippen LogP) is 4.00. The van der Waals surface area contributed by atoms with E-state index < -0.39 is 11.9 Å². The molecule has 122 valence electrons. The molecule has 4 nitrogen and oxygen atoms in total. The number of carboxylic acid groups (broad SMARTS) is 1. The minimum atomic E-state index is -0.832. The maximum Gasteiger partial charge on any atom is 0.312 e. The molecule has 3 aromatic rings. The second-order valence-corrected chi connectivity index (χ2v) is 5.64. The van der Waals surface area contributed by atoms with Gasteiger partial charge < -0.3 is 14.8 Å². The summed E-state index contributed by atoms with van der Waals surface area (Å²) in [7, 11) is 0. The average molecular weight is 321 g/mol. The van der Waals surface area contributed by atoms with Gasteiger partial charge in [0, 0.05) is 11.9 Å². The van der Waals surface area contributed by atoms with E-state index in [1.807, 2.05) is 60.7 Å². The molecular weight excluding hydrogens is 302 g/mol. The number of benzene rings is 2. The van der Waals surface area contributed by atoms with Gasteiger partial charge >= 0.3 is 5.97 Å². The van der Waals surface area contributed by atoms with Gasteiger partial charge in [-0.1, -0.05) is 42.5 Å². The Hall–Kier alpha value is -3.01. The SMILES string of the molecule is O=C(O)C(Cc1ccc(OCc2ccccc2)cc1)c1ccc[nH]1. The van der Waals surface area contributed by atoms with Crippen LogP contribution in [0.1, 0.15) is 22.7 Å². The van der Waals surface area contributed by atoms with E-state index in [2.05, 4.69) is 4.98 Å². The third-order valence-electron chi connectivity index (χ3n) is 3.91. The first-order valence-corrected chi connectivity index (χ1v) is 7.84. The molecular formula is C20H19NO3. The lowest BCUT2D eigenvalue weighted by molar-refractivity contribution is -0.138. The van der Waals surface area contributed by atoms with Crippen molar-refractivity contribution in [3.63, 3.8) is 0 Å². The molecule has 1 aromatic heterocycles. The van der Waals surface area contributed by atoms with Crippen molar-refractivity contribution in [1.82, 2.24) is 4.98 Å². The smallest absolute Gasteiger partial charge is 0.312 e. The van der Waals surface area contributed by atoms with Gasteiger partial charge in [0.25, 0.3) is 0 Å². The molecule has 2 aromatic carbocycles. The van der Waals surface area contributed by atoms with Crippen molar-refractivity contribution in [2.45, 2.75) is 18.9 Å². The van der Waals surface area contributed by atoms with Crippen LogP contribution in [0.3, 0.4) is 0 Å². The maximum atomic E-state index is 11.5. The number of rotatable bonds is 7. The van der Waals surface area contributed by atoms with Crippen LogP contribution < -0.4 is 4.74 Å². The van der Waals surface area contributed by atoms with Crippen molar-refractivity contribution in [2.75, 3.05) is 0 Å². The number of aromatic nitrogens is 1. The van der Waals surface area contributed by atoms with Crippen LogP contribution in [-0.4, -0.2) is 16.1 Å². The van der Waals surface area contributed by atoms with Gasteiger partial charge in [-0.25, -0.2) is 0 Å². The van der Waals surface area contributed by atoms with Crippen molar-refractivity contribution in [2.24, 2.45) is 0 Å². The first kappa shape index (κ1) is 15.9. The van der Waals surface area contributed by atoms with E-state index >= 15 is 0 Å². The van der Waals surface area contributed by atoms with Crippen LogP contribution in [0.4, 0.5) is 0 Å². The minimum Gasteiger partial charge on any atom is -0.489 e. The van der Waals surface area contributed by atoms with Gasteiger partial charge in [0.1, 0.15) is 18.3 Å². The predicted molar refractivity (Wildman–Crippen MR) is 92.1 cm³/mol. The van der Waals surface area contributed by atoms with Crippen molar-refractivity contribution < 1.29 is 14.6 Å². The van der Waals surface area contributed by atoms with Crippen LogP contribution in [0.25, 0.3) is 0 Å². The Morgan fingerprint density at radius 3 is 2.33 bits per heavy atom. The normalized spacial score (nSPS) is 11.8. The van der Waals surface area contributed by atoms with E-state index in [9.17, 15) is 9.90 Å². The minimum absolute atomic E-state index is 0.439. The summed E-state index contributed by atoms with van der Waals surface area (Å²) in [6.07, 6.45) is 2.18. The quantitative estimate of drug-likeness (QED) is 0.691. The Balaban J connectivity index is 1.62. The van der Waals surface area contributed by atoms with Crippen molar-refractivity contribution in [3.8, 4) is 5.75 Å². The number of H-pyrrole nitrogens is 1. The highest BCUT2D eigenvalue weighted by Gasteiger charge is 2.21. The van der Waals surface area contributed by atoms with E-state index in [0.29, 0.717) is 18.7 Å². The summed E-state index contributed by atoms with van der Waals surface area (Å²) in [5.74, 6) is -0.632. The highest BCUT2D eigenvalue weighted by atomic mass is 16.5. The zero-order valence-electron chi connectivity index (χ0n) is 13.2. The Morgan fingerprint density at radius 1 is 0.958 bits per heavy atom. The van der Waals surface area contributed by atoms with Gasteiger partial charge in [-0.15, -0.1) is 0 Å². The molecule has 1 heterocycles. The lowest BCUT2D eigenvalue weighted by atomic mass is 9.96. The topological polar surface area (TPSA) is 62.3 Å². The fraction of sp³-hybridized carbons (Fsp3) is 0.150. The first-order chi connectivity index (χ1) is 11.7. The molecule has 0 saturated heterocycles. The Bertz CT molecular complexity index is 764. The van der Waals surface area contributed by atoms with E-state index in [4.69, 9.17) is 4.74 Å². The molecule has 0 spiro atoms. The largest absolute Gasteiger partial charge is 0.489 e. The van der Waals surface area contributed by atoms with Crippen LogP contribution >= 0.6 is 0 Å². The summed E-state index contributed by atoms with van der Waals surface area (Å²) in [4.78, 5) is 14.5. The number of hydrogen-bond donors (Lipinski definition) is 2. The molecule has 24 heavy (non-hydrogen) atoms. The Kier molecular flexibility index (Phi) is 4.96. The number of ether oxygens (including phenoxy) is 1. The lowest BCUT2D eigenvalue weighted by Gasteiger charge is -2.12. The number of nitrogens with one attached hydrogen (secondary N) is 1. The van der Waals surface area contributed by atoms with Gasteiger partial charge in [0.15, 0.2) is 0 Å². The van der Waals surface area contributed by atoms with E-state index in [0.717, 1.165) is 16.9 Å². The van der Waals surface area contributed by atoms with E-state index in [1.165, 1.54) is 0 Å². The lowest BCUT2D eigenvalue weighted by Crippen LogP contribution is -2.14. The summed E-state index contributed by atoms with van der Waals surface area (Å²) in [5.41, 5.74) is 2.79. The number of aliphatic carboxylic acids is 1. The molecule has 4 heteroatoms. The van der Waals surface area contributed by atoms with Crippen molar-refractivity contribution in [1.29, 1.82) is 0 Å². The number of hydrogen-bond acceptors (Lipinski definition) is 2. The van der Waals surface area contributed by atoms with Crippen LogP contribution in [0.5, 0.6) is 5.75 Å². The van der Waals surface area contributed by atoms with E-state index in [1.54, 1.807) is 12.3 Å². The number of aromatic amines is 1. The maximum absolute atomic E-state index is 11.5. The van der Waals surface area contributed by atoms with Gasteiger partial charge in [-0.05, 0) is 41.8 Å². The standard InChI is InChI=1S/C20H19NO3/c22-20(23)18(19-7-4-12-21-19)13-15-8-10-17(11-9-15)24-14-16-5-2-1-3-6-16/h1-12,18,21H,13-14H2,(H,22,23). The second kappa shape index (κ2) is 7.51.